The number of benzene rings is 2. The van der Waals surface area contributed by atoms with Crippen molar-refractivity contribution in [3.8, 4) is 0 Å². The van der Waals surface area contributed by atoms with Gasteiger partial charge in [0.15, 0.2) is 5.70 Å². The lowest BCUT2D eigenvalue weighted by Crippen LogP contribution is -2.08. The van der Waals surface area contributed by atoms with Crippen molar-refractivity contribution in [2.75, 3.05) is 0 Å². The van der Waals surface area contributed by atoms with Crippen LogP contribution in [0.2, 0.25) is 0 Å². The molecule has 2 aromatic rings. The lowest BCUT2D eigenvalue weighted by atomic mass is 9.98. The van der Waals surface area contributed by atoms with E-state index in [0.717, 1.165) is 0 Å². The van der Waals surface area contributed by atoms with Crippen LogP contribution >= 0.6 is 0 Å². The van der Waals surface area contributed by atoms with E-state index in [1.807, 2.05) is 6.07 Å². The monoisotopic (exact) mass is 365 g/mol. The zero-order valence-electron chi connectivity index (χ0n) is 14.1. The third kappa shape index (κ3) is 4.46. The van der Waals surface area contributed by atoms with Gasteiger partial charge in [0.25, 0.3) is 0 Å². The van der Waals surface area contributed by atoms with E-state index < -0.39 is 17.9 Å². The summed E-state index contributed by atoms with van der Waals surface area (Å²) in [7, 11) is 0. The molecule has 0 fully saturated rings. The first kappa shape index (κ1) is 18.1. The minimum absolute atomic E-state index is 0.0844. The Morgan fingerprint density at radius 2 is 1.63 bits per heavy atom. The number of cyclic esters (lactones) is 1. The molecule has 2 N–H and O–H groups in total. The molecule has 7 heteroatoms. The van der Waals surface area contributed by atoms with Crippen molar-refractivity contribution in [2.45, 2.75) is 12.8 Å². The summed E-state index contributed by atoms with van der Waals surface area (Å²) in [5.41, 5.74) is 2.07. The molecule has 0 unspecified atom stereocenters. The SMILES string of the molecule is O=C(O)Cc1ccc(/C=C2\N=C(c3ccccc3)OC2=O)cc1CC(=O)O. The average molecular weight is 365 g/mol. The van der Waals surface area contributed by atoms with Gasteiger partial charge in [-0.05, 0) is 34.9 Å². The van der Waals surface area contributed by atoms with Crippen LogP contribution in [0.25, 0.3) is 6.08 Å². The molecule has 136 valence electrons. The quantitative estimate of drug-likeness (QED) is 0.600. The van der Waals surface area contributed by atoms with Gasteiger partial charge in [-0.3, -0.25) is 9.59 Å². The predicted molar refractivity (Wildman–Crippen MR) is 96.2 cm³/mol. The van der Waals surface area contributed by atoms with Gasteiger partial charge in [-0.25, -0.2) is 9.79 Å². The standard InChI is InChI=1S/C20H15NO6/c22-17(23)10-14-7-6-12(8-15(14)11-18(24)25)9-16-20(26)27-19(21-16)13-4-2-1-3-5-13/h1-9H,10-11H2,(H,22,23)(H,24,25)/b16-9-. The minimum atomic E-state index is -1.07. The van der Waals surface area contributed by atoms with Crippen LogP contribution in [0.1, 0.15) is 22.3 Å². The van der Waals surface area contributed by atoms with Crippen LogP contribution in [0.5, 0.6) is 0 Å². The highest BCUT2D eigenvalue weighted by Crippen LogP contribution is 2.21. The summed E-state index contributed by atoms with van der Waals surface area (Å²) in [5.74, 6) is -2.54. The summed E-state index contributed by atoms with van der Waals surface area (Å²) in [6.07, 6.45) is 0.884. The van der Waals surface area contributed by atoms with Crippen LogP contribution in [0.15, 0.2) is 59.2 Å². The molecule has 0 aromatic heterocycles. The smallest absolute Gasteiger partial charge is 0.363 e. The van der Waals surface area contributed by atoms with E-state index in [2.05, 4.69) is 4.99 Å². The van der Waals surface area contributed by atoms with E-state index in [0.29, 0.717) is 22.3 Å². The van der Waals surface area contributed by atoms with Crippen molar-refractivity contribution in [3.05, 3.63) is 76.5 Å². The molecule has 1 aliphatic heterocycles. The van der Waals surface area contributed by atoms with Crippen molar-refractivity contribution < 1.29 is 29.3 Å². The second-order valence-electron chi connectivity index (χ2n) is 5.87. The van der Waals surface area contributed by atoms with Gasteiger partial charge >= 0.3 is 17.9 Å². The van der Waals surface area contributed by atoms with Gasteiger partial charge in [-0.2, -0.15) is 0 Å². The fourth-order valence-electron chi connectivity index (χ4n) is 2.67. The molecule has 3 rings (SSSR count). The van der Waals surface area contributed by atoms with Crippen molar-refractivity contribution in [1.82, 2.24) is 0 Å². The van der Waals surface area contributed by atoms with Crippen molar-refractivity contribution in [1.29, 1.82) is 0 Å². The lowest BCUT2D eigenvalue weighted by molar-refractivity contribution is -0.137. The molecule has 0 radical (unpaired) electrons. The maximum atomic E-state index is 12.1. The third-order valence-electron chi connectivity index (χ3n) is 3.86. The second kappa shape index (κ2) is 7.65. The molecule has 0 saturated carbocycles. The van der Waals surface area contributed by atoms with Gasteiger partial charge < -0.3 is 14.9 Å². The number of carbonyl (C=O) groups excluding carboxylic acids is 1. The molecule has 0 saturated heterocycles. The van der Waals surface area contributed by atoms with Crippen LogP contribution in [-0.2, 0) is 32.0 Å². The number of carbonyl (C=O) groups is 3. The Bertz CT molecular complexity index is 975. The van der Waals surface area contributed by atoms with E-state index in [4.69, 9.17) is 14.9 Å². The maximum Gasteiger partial charge on any atom is 0.363 e. The zero-order chi connectivity index (χ0) is 19.4. The van der Waals surface area contributed by atoms with Gasteiger partial charge in [0.1, 0.15) is 0 Å². The Kier molecular flexibility index (Phi) is 5.12. The molecule has 0 amide bonds. The van der Waals surface area contributed by atoms with E-state index in [1.54, 1.807) is 42.5 Å². The van der Waals surface area contributed by atoms with Gasteiger partial charge in [-0.1, -0.05) is 36.4 Å². The number of esters is 1. The average Bonchev–Trinajstić information content (AvgIpc) is 2.98. The van der Waals surface area contributed by atoms with Gasteiger partial charge in [0.2, 0.25) is 5.90 Å². The molecule has 0 aliphatic carbocycles. The Balaban J connectivity index is 1.94. The fraction of sp³-hybridized carbons (Fsp3) is 0.100. The number of carboxylic acid groups (broad SMARTS) is 2. The van der Waals surface area contributed by atoms with Gasteiger partial charge in [-0.15, -0.1) is 0 Å². The number of rotatable bonds is 6. The first-order valence-electron chi connectivity index (χ1n) is 8.06. The number of aliphatic imine (C=N–C) groups is 1. The summed E-state index contributed by atoms with van der Waals surface area (Å²) >= 11 is 0. The zero-order valence-corrected chi connectivity index (χ0v) is 14.1. The van der Waals surface area contributed by atoms with Crippen LogP contribution in [-0.4, -0.2) is 34.0 Å². The largest absolute Gasteiger partial charge is 0.481 e. The van der Waals surface area contributed by atoms with Crippen molar-refractivity contribution >= 4 is 29.9 Å². The topological polar surface area (TPSA) is 113 Å². The molecule has 1 aliphatic rings. The minimum Gasteiger partial charge on any atom is -0.481 e. The van der Waals surface area contributed by atoms with E-state index >= 15 is 0 Å². The van der Waals surface area contributed by atoms with Crippen molar-refractivity contribution in [3.63, 3.8) is 0 Å². The highest BCUT2D eigenvalue weighted by molar-refractivity contribution is 6.12. The lowest BCUT2D eigenvalue weighted by Gasteiger charge is -2.07. The molecule has 0 bridgehead atoms. The molecular weight excluding hydrogens is 350 g/mol. The first-order valence-corrected chi connectivity index (χ1v) is 8.06. The molecule has 0 atom stereocenters. The Hall–Kier alpha value is -3.74. The predicted octanol–water partition coefficient (Wildman–Crippen LogP) is 2.29. The van der Waals surface area contributed by atoms with Crippen LogP contribution in [0.4, 0.5) is 0 Å². The van der Waals surface area contributed by atoms with Crippen LogP contribution in [0, 0.1) is 0 Å². The molecule has 1 heterocycles. The number of aliphatic carboxylic acids is 2. The van der Waals surface area contributed by atoms with E-state index in [9.17, 15) is 14.4 Å². The highest BCUT2D eigenvalue weighted by Gasteiger charge is 2.24. The first-order chi connectivity index (χ1) is 12.9. The van der Waals surface area contributed by atoms with Gasteiger partial charge in [0.05, 0.1) is 12.8 Å². The second-order valence-corrected chi connectivity index (χ2v) is 5.87. The molecule has 27 heavy (non-hydrogen) atoms. The maximum absolute atomic E-state index is 12.1. The molecular formula is C20H15NO6. The van der Waals surface area contributed by atoms with Crippen LogP contribution in [0.3, 0.4) is 0 Å². The highest BCUT2D eigenvalue weighted by atomic mass is 16.6. The molecule has 7 nitrogen and oxygen atoms in total. The van der Waals surface area contributed by atoms with Crippen molar-refractivity contribution in [2.24, 2.45) is 4.99 Å². The van der Waals surface area contributed by atoms with E-state index in [-0.39, 0.29) is 24.4 Å². The number of hydrogen-bond acceptors (Lipinski definition) is 5. The number of nitrogens with zero attached hydrogens (tertiary/aromatic N) is 1. The normalized spacial score (nSPS) is 14.7. The third-order valence-corrected chi connectivity index (χ3v) is 3.86. The summed E-state index contributed by atoms with van der Waals surface area (Å²) in [4.78, 5) is 38.3. The Morgan fingerprint density at radius 1 is 0.963 bits per heavy atom. The Morgan fingerprint density at radius 3 is 2.30 bits per heavy atom. The number of ether oxygens (including phenoxy) is 1. The summed E-state index contributed by atoms with van der Waals surface area (Å²) in [6, 6.07) is 13.7. The summed E-state index contributed by atoms with van der Waals surface area (Å²) < 4.78 is 5.17. The fourth-order valence-corrected chi connectivity index (χ4v) is 2.67. The number of carboxylic acids is 2. The molecule has 0 spiro atoms. The number of hydrogen-bond donors (Lipinski definition) is 2. The van der Waals surface area contributed by atoms with Gasteiger partial charge in [0, 0.05) is 5.56 Å². The van der Waals surface area contributed by atoms with Crippen LogP contribution < -0.4 is 0 Å². The van der Waals surface area contributed by atoms with E-state index in [1.165, 1.54) is 6.08 Å². The summed E-state index contributed by atoms with van der Waals surface area (Å²) in [6.45, 7) is 0. The molecule has 2 aromatic carbocycles. The Labute approximate surface area is 154 Å². The summed E-state index contributed by atoms with van der Waals surface area (Å²) in [5, 5.41) is 18.0.